The Morgan fingerprint density at radius 1 is 1.00 bits per heavy atom. The third kappa shape index (κ3) is 6.71. The van der Waals surface area contributed by atoms with E-state index in [0.717, 1.165) is 15.6 Å². The number of thiazole rings is 1. The molecule has 0 spiro atoms. The predicted molar refractivity (Wildman–Crippen MR) is 170 cm³/mol. The van der Waals surface area contributed by atoms with E-state index in [0.29, 0.717) is 57.0 Å². The van der Waals surface area contributed by atoms with Crippen LogP contribution in [0.25, 0.3) is 6.08 Å². The fourth-order valence-corrected chi connectivity index (χ4v) is 6.21. The Labute approximate surface area is 265 Å². The first-order valence-corrected chi connectivity index (χ1v) is 15.5. The number of carbonyl (C=O) groups excluding carboxylic acids is 1. The number of halogens is 2. The van der Waals surface area contributed by atoms with Crippen LogP contribution in [0.2, 0.25) is 5.02 Å². The number of hydrogen-bond donors (Lipinski definition) is 0. The Balaban J connectivity index is 1.51. The summed E-state index contributed by atoms with van der Waals surface area (Å²) in [6.07, 6.45) is 3.26. The van der Waals surface area contributed by atoms with Crippen molar-refractivity contribution in [3.8, 4) is 17.2 Å². The van der Waals surface area contributed by atoms with Gasteiger partial charge in [-0.3, -0.25) is 9.36 Å². The van der Waals surface area contributed by atoms with E-state index >= 15 is 0 Å². The lowest BCUT2D eigenvalue weighted by Crippen LogP contribution is -2.39. The first kappa shape index (κ1) is 30.6. The van der Waals surface area contributed by atoms with Crippen LogP contribution in [0.4, 0.5) is 0 Å². The van der Waals surface area contributed by atoms with Crippen molar-refractivity contribution in [1.29, 1.82) is 0 Å². The minimum atomic E-state index is -0.767. The molecule has 0 saturated carbocycles. The minimum Gasteiger partial charge on any atom is -0.490 e. The molecule has 5 rings (SSSR count). The maximum Gasteiger partial charge on any atom is 0.337 e. The number of fused-ring (bicyclic) bond motifs is 1. The molecule has 1 aliphatic rings. The molecular formula is C32H28BrClN2O6S. The number of hydrogen-bond acceptors (Lipinski definition) is 8. The van der Waals surface area contributed by atoms with Crippen molar-refractivity contribution in [3.05, 3.63) is 118 Å². The summed E-state index contributed by atoms with van der Waals surface area (Å²) in [7, 11) is 1.30. The molecule has 0 fully saturated rings. The molecule has 0 radical (unpaired) electrons. The number of benzene rings is 3. The van der Waals surface area contributed by atoms with Crippen LogP contribution in [0, 0.1) is 0 Å². The van der Waals surface area contributed by atoms with Gasteiger partial charge in [-0.1, -0.05) is 47.2 Å². The van der Waals surface area contributed by atoms with E-state index in [1.54, 1.807) is 18.2 Å². The fraction of sp³-hybridized carbons (Fsp3) is 0.219. The van der Waals surface area contributed by atoms with Gasteiger partial charge in [-0.2, -0.15) is 0 Å². The first-order chi connectivity index (χ1) is 20.8. The second-order valence-electron chi connectivity index (χ2n) is 9.35. The van der Waals surface area contributed by atoms with Crippen LogP contribution in [0.3, 0.4) is 0 Å². The van der Waals surface area contributed by atoms with E-state index in [4.69, 9.17) is 30.5 Å². The zero-order valence-corrected chi connectivity index (χ0v) is 26.8. The third-order valence-electron chi connectivity index (χ3n) is 6.57. The van der Waals surface area contributed by atoms with Crippen molar-refractivity contribution in [2.45, 2.75) is 26.5 Å². The molecule has 222 valence electrons. The topological polar surface area (TPSA) is 88.4 Å². The van der Waals surface area contributed by atoms with Gasteiger partial charge in [-0.05, 0) is 88.9 Å². The largest absolute Gasteiger partial charge is 0.490 e. The molecule has 8 nitrogen and oxygen atoms in total. The Kier molecular flexibility index (Phi) is 9.69. The van der Waals surface area contributed by atoms with Crippen LogP contribution in [-0.2, 0) is 16.1 Å². The monoisotopic (exact) mass is 682 g/mol. The van der Waals surface area contributed by atoms with E-state index in [1.807, 2.05) is 62.4 Å². The van der Waals surface area contributed by atoms with Gasteiger partial charge >= 0.3 is 5.97 Å². The highest BCUT2D eigenvalue weighted by atomic mass is 79.9. The average molecular weight is 684 g/mol. The van der Waals surface area contributed by atoms with Gasteiger partial charge in [0.1, 0.15) is 12.4 Å². The summed E-state index contributed by atoms with van der Waals surface area (Å²) in [5, 5.41) is 0.669. The molecule has 1 aromatic heterocycles. The van der Waals surface area contributed by atoms with Crippen molar-refractivity contribution in [2.24, 2.45) is 4.99 Å². The van der Waals surface area contributed by atoms with Gasteiger partial charge in [0.05, 0.1) is 40.9 Å². The number of methoxy groups -OCH3 is 1. The van der Waals surface area contributed by atoms with Crippen molar-refractivity contribution >= 4 is 50.9 Å². The van der Waals surface area contributed by atoms with Crippen LogP contribution in [0.5, 0.6) is 17.2 Å². The smallest absolute Gasteiger partial charge is 0.337 e. The zero-order valence-electron chi connectivity index (χ0n) is 23.6. The van der Waals surface area contributed by atoms with Crippen molar-refractivity contribution in [3.63, 3.8) is 0 Å². The lowest BCUT2D eigenvalue weighted by atomic mass is 9.97. The van der Waals surface area contributed by atoms with Gasteiger partial charge in [0, 0.05) is 11.2 Å². The Bertz CT molecular complexity index is 1870. The fourth-order valence-electron chi connectivity index (χ4n) is 4.60. The second kappa shape index (κ2) is 13.6. The van der Waals surface area contributed by atoms with Gasteiger partial charge in [0.15, 0.2) is 16.3 Å². The first-order valence-electron chi connectivity index (χ1n) is 13.5. The maximum atomic E-state index is 13.9. The molecule has 0 unspecified atom stereocenters. The highest BCUT2D eigenvalue weighted by Crippen LogP contribution is 2.35. The summed E-state index contributed by atoms with van der Waals surface area (Å²) in [5.41, 5.74) is 2.39. The number of rotatable bonds is 10. The van der Waals surface area contributed by atoms with Gasteiger partial charge in [0.25, 0.3) is 5.56 Å². The predicted octanol–water partition coefficient (Wildman–Crippen LogP) is 5.81. The number of carbonyl (C=O) groups is 1. The number of nitrogens with zero attached hydrogens (tertiary/aromatic N) is 2. The molecule has 0 saturated heterocycles. The SMILES string of the molecule is CCOc1ccc([C@H]2C(C(=O)OC)=CN=c3s/c(=C\c4ccc(OCc5ccc(Cl)cc5)c(Br)c4)c(=O)n32)cc1OCC. The molecule has 1 aliphatic heterocycles. The molecule has 0 amide bonds. The molecule has 0 aliphatic carbocycles. The Morgan fingerprint density at radius 2 is 1.72 bits per heavy atom. The highest BCUT2D eigenvalue weighted by molar-refractivity contribution is 9.10. The lowest BCUT2D eigenvalue weighted by Gasteiger charge is -2.23. The number of esters is 1. The molecule has 43 heavy (non-hydrogen) atoms. The summed E-state index contributed by atoms with van der Waals surface area (Å²) in [6.45, 7) is 5.04. The van der Waals surface area contributed by atoms with E-state index in [9.17, 15) is 9.59 Å². The van der Waals surface area contributed by atoms with Crippen molar-refractivity contribution in [2.75, 3.05) is 20.3 Å². The van der Waals surface area contributed by atoms with Crippen LogP contribution in [0.15, 0.2) is 86.7 Å². The lowest BCUT2D eigenvalue weighted by molar-refractivity contribution is -0.136. The van der Waals surface area contributed by atoms with Crippen LogP contribution in [-0.4, -0.2) is 30.9 Å². The van der Waals surface area contributed by atoms with E-state index in [2.05, 4.69) is 20.9 Å². The van der Waals surface area contributed by atoms with Crippen LogP contribution < -0.4 is 29.1 Å². The Morgan fingerprint density at radius 3 is 2.42 bits per heavy atom. The van der Waals surface area contributed by atoms with E-state index in [-0.39, 0.29) is 11.1 Å². The zero-order chi connectivity index (χ0) is 30.5. The van der Waals surface area contributed by atoms with E-state index in [1.165, 1.54) is 29.2 Å². The van der Waals surface area contributed by atoms with Gasteiger partial charge in [0.2, 0.25) is 0 Å². The maximum absolute atomic E-state index is 13.9. The summed E-state index contributed by atoms with van der Waals surface area (Å²) in [5.74, 6) is 1.19. The third-order valence-corrected chi connectivity index (χ3v) is 8.44. The standard InChI is InChI=1S/C32H28BrClN2O6S/c1-4-40-26-13-9-21(16-27(26)41-5-2)29-23(31(38)39-3)17-35-32-36(29)30(37)28(43-32)15-20-8-12-25(24(33)14-20)42-18-19-6-10-22(34)11-7-19/h6-17,29H,4-5,18H2,1-3H3/b28-15-/t29-/m0/s1. The van der Waals surface area contributed by atoms with Gasteiger partial charge in [-0.25, -0.2) is 9.79 Å². The van der Waals surface area contributed by atoms with Crippen LogP contribution >= 0.6 is 38.9 Å². The second-order valence-corrected chi connectivity index (χ2v) is 11.7. The summed E-state index contributed by atoms with van der Waals surface area (Å²) < 4.78 is 25.3. The number of ether oxygens (including phenoxy) is 4. The summed E-state index contributed by atoms with van der Waals surface area (Å²) in [4.78, 5) is 31.6. The molecule has 11 heteroatoms. The van der Waals surface area contributed by atoms with Crippen molar-refractivity contribution < 1.29 is 23.7 Å². The van der Waals surface area contributed by atoms with Crippen LogP contribution in [0.1, 0.15) is 36.6 Å². The highest BCUT2D eigenvalue weighted by Gasteiger charge is 2.31. The average Bonchev–Trinajstić information content (AvgIpc) is 3.32. The summed E-state index contributed by atoms with van der Waals surface area (Å²) >= 11 is 10.8. The van der Waals surface area contributed by atoms with E-state index < -0.39 is 12.0 Å². The van der Waals surface area contributed by atoms with Gasteiger partial charge in [-0.15, -0.1) is 0 Å². The molecule has 1 atom stereocenters. The van der Waals surface area contributed by atoms with Gasteiger partial charge < -0.3 is 18.9 Å². The summed E-state index contributed by atoms with van der Waals surface area (Å²) in [6, 6.07) is 17.7. The Hall–Kier alpha value is -3.86. The molecule has 2 heterocycles. The molecule has 4 aromatic rings. The molecule has 3 aromatic carbocycles. The molecule has 0 N–H and O–H groups in total. The number of aromatic nitrogens is 1. The molecule has 0 bridgehead atoms. The quantitative estimate of drug-likeness (QED) is 0.196. The minimum absolute atomic E-state index is 0.234. The van der Waals surface area contributed by atoms with Crippen molar-refractivity contribution in [1.82, 2.24) is 4.57 Å². The molecular weight excluding hydrogens is 656 g/mol. The normalized spacial score (nSPS) is 14.4.